The van der Waals surface area contributed by atoms with Gasteiger partial charge in [0.1, 0.15) is 16.6 Å². The van der Waals surface area contributed by atoms with E-state index in [0.717, 1.165) is 15.0 Å². The molecule has 2 aromatic heterocycles. The molecule has 0 N–H and O–H groups in total. The molecule has 0 aliphatic rings. The van der Waals surface area contributed by atoms with Gasteiger partial charge in [-0.05, 0) is 42.5 Å². The van der Waals surface area contributed by atoms with Gasteiger partial charge in [0.05, 0.1) is 24.9 Å². The first-order chi connectivity index (χ1) is 13.5. The van der Waals surface area contributed by atoms with Crippen LogP contribution in [0.2, 0.25) is 0 Å². The molecule has 28 heavy (non-hydrogen) atoms. The molecule has 4 rings (SSSR count). The van der Waals surface area contributed by atoms with Gasteiger partial charge in [-0.3, -0.25) is 0 Å². The third-order valence-corrected chi connectivity index (χ3v) is 5.37. The zero-order valence-corrected chi connectivity index (χ0v) is 17.0. The largest absolute Gasteiger partial charge is 0.496 e. The summed E-state index contributed by atoms with van der Waals surface area (Å²) in [5, 5.41) is 6.80. The Labute approximate surface area is 171 Å². The minimum Gasteiger partial charge on any atom is -0.496 e. The Kier molecular flexibility index (Phi) is 5.10. The van der Waals surface area contributed by atoms with E-state index in [1.165, 1.54) is 40.3 Å². The molecule has 0 bridgehead atoms. The van der Waals surface area contributed by atoms with Gasteiger partial charge in [-0.2, -0.15) is 4.68 Å². The van der Waals surface area contributed by atoms with Gasteiger partial charge < -0.3 is 9.15 Å². The van der Waals surface area contributed by atoms with Crippen LogP contribution in [0.1, 0.15) is 5.69 Å². The van der Waals surface area contributed by atoms with Crippen molar-refractivity contribution in [1.29, 1.82) is 0 Å². The lowest BCUT2D eigenvalue weighted by Crippen LogP contribution is -2.16. The molecule has 0 atom stereocenters. The highest BCUT2D eigenvalue weighted by Crippen LogP contribution is 2.34. The molecule has 0 fully saturated rings. The second-order valence-electron chi connectivity index (χ2n) is 5.83. The number of halogens is 2. The molecule has 0 saturated heterocycles. The fourth-order valence-corrected chi connectivity index (χ4v) is 3.81. The molecule has 2 aromatic carbocycles. The van der Waals surface area contributed by atoms with E-state index >= 15 is 0 Å². The van der Waals surface area contributed by atoms with Crippen LogP contribution in [0.15, 0.2) is 61.5 Å². The van der Waals surface area contributed by atoms with Crippen LogP contribution in [0.3, 0.4) is 0 Å². The minimum absolute atomic E-state index is 0.133. The predicted octanol–water partition coefficient (Wildman–Crippen LogP) is 4.59. The normalized spacial score (nSPS) is 11.0. The smallest absolute Gasteiger partial charge is 0.437 e. The van der Waals surface area contributed by atoms with Crippen molar-refractivity contribution >= 4 is 27.3 Å². The summed E-state index contributed by atoms with van der Waals surface area (Å²) in [5.41, 5.74) is 2.05. The van der Waals surface area contributed by atoms with Crippen molar-refractivity contribution in [3.05, 3.63) is 74.4 Å². The molecular weight excluding hydrogens is 449 g/mol. The molecule has 0 radical (unpaired) electrons. The summed E-state index contributed by atoms with van der Waals surface area (Å²) in [5.74, 6) is -0.132. The van der Waals surface area contributed by atoms with E-state index in [9.17, 15) is 9.18 Å². The van der Waals surface area contributed by atoms with Crippen LogP contribution < -0.4 is 10.5 Å². The van der Waals surface area contributed by atoms with E-state index in [1.54, 1.807) is 7.11 Å². The van der Waals surface area contributed by atoms with Crippen LogP contribution in [-0.2, 0) is 6.54 Å². The lowest BCUT2D eigenvalue weighted by atomic mass is 10.2. The first-order valence-electron chi connectivity index (χ1n) is 8.15. The van der Waals surface area contributed by atoms with Crippen molar-refractivity contribution in [3.8, 4) is 27.8 Å². The number of methoxy groups -OCH3 is 1. The summed E-state index contributed by atoms with van der Waals surface area (Å²) in [6, 6.07) is 11.3. The summed E-state index contributed by atoms with van der Waals surface area (Å²) in [6.45, 7) is 0.163. The van der Waals surface area contributed by atoms with Crippen LogP contribution in [0.25, 0.3) is 22.0 Å². The second kappa shape index (κ2) is 7.69. The van der Waals surface area contributed by atoms with Crippen molar-refractivity contribution < 1.29 is 13.5 Å². The van der Waals surface area contributed by atoms with Gasteiger partial charge in [0.15, 0.2) is 0 Å². The highest BCUT2D eigenvalue weighted by Gasteiger charge is 2.15. The first-order valence-corrected chi connectivity index (χ1v) is 9.83. The standard InChI is InChI=1S/C19H13BrFN3O3S/c1-26-16-7-4-12(20)8-15(16)18-22-14(10-28-18)9-24-19(25)27-17(23-24)11-2-5-13(21)6-3-11/h2-8,10H,9H2,1H3. The number of nitrogens with zero attached hydrogens (tertiary/aromatic N) is 3. The third-order valence-electron chi connectivity index (χ3n) is 3.95. The molecule has 2 heterocycles. The lowest BCUT2D eigenvalue weighted by molar-refractivity contribution is 0.416. The Hall–Kier alpha value is -2.78. The maximum Gasteiger partial charge on any atom is 0.437 e. The molecular formula is C19H13BrFN3O3S. The maximum atomic E-state index is 13.1. The first kappa shape index (κ1) is 18.6. The molecule has 0 amide bonds. The van der Waals surface area contributed by atoms with E-state index in [4.69, 9.17) is 9.15 Å². The summed E-state index contributed by atoms with van der Waals surface area (Å²) in [6.07, 6.45) is 0. The fraction of sp³-hybridized carbons (Fsp3) is 0.105. The van der Waals surface area contributed by atoms with Crippen LogP contribution in [0, 0.1) is 5.82 Å². The van der Waals surface area contributed by atoms with E-state index in [-0.39, 0.29) is 18.3 Å². The Morgan fingerprint density at radius 1 is 1.25 bits per heavy atom. The molecule has 0 saturated carbocycles. The SMILES string of the molecule is COc1ccc(Br)cc1-c1nc(Cn2nc(-c3ccc(F)cc3)oc2=O)cs1. The van der Waals surface area contributed by atoms with Crippen LogP contribution >= 0.6 is 27.3 Å². The Balaban J connectivity index is 1.61. The summed E-state index contributed by atoms with van der Waals surface area (Å²) < 4.78 is 25.7. The fourth-order valence-electron chi connectivity index (χ4n) is 2.62. The molecule has 0 aliphatic carbocycles. The second-order valence-corrected chi connectivity index (χ2v) is 7.60. The van der Waals surface area contributed by atoms with Gasteiger partial charge >= 0.3 is 5.76 Å². The predicted molar refractivity (Wildman–Crippen MR) is 107 cm³/mol. The maximum absolute atomic E-state index is 13.1. The minimum atomic E-state index is -0.603. The van der Waals surface area contributed by atoms with E-state index < -0.39 is 5.76 Å². The summed E-state index contributed by atoms with van der Waals surface area (Å²) in [7, 11) is 1.60. The van der Waals surface area contributed by atoms with Gasteiger partial charge in [0.25, 0.3) is 0 Å². The van der Waals surface area contributed by atoms with Crippen LogP contribution in [0.5, 0.6) is 5.75 Å². The average molecular weight is 462 g/mol. The van der Waals surface area contributed by atoms with Crippen molar-refractivity contribution in [2.45, 2.75) is 6.54 Å². The van der Waals surface area contributed by atoms with Gasteiger partial charge in [-0.15, -0.1) is 16.4 Å². The summed E-state index contributed by atoms with van der Waals surface area (Å²) >= 11 is 4.90. The zero-order valence-electron chi connectivity index (χ0n) is 14.6. The average Bonchev–Trinajstić information content (AvgIpc) is 3.30. The zero-order chi connectivity index (χ0) is 19.7. The number of thiazole rings is 1. The Bertz CT molecular complexity index is 1180. The quantitative estimate of drug-likeness (QED) is 0.434. The molecule has 0 spiro atoms. The van der Waals surface area contributed by atoms with E-state index in [2.05, 4.69) is 26.0 Å². The highest BCUT2D eigenvalue weighted by atomic mass is 79.9. The molecule has 9 heteroatoms. The van der Waals surface area contributed by atoms with E-state index in [1.807, 2.05) is 23.6 Å². The molecule has 6 nitrogen and oxygen atoms in total. The highest BCUT2D eigenvalue weighted by molar-refractivity contribution is 9.10. The van der Waals surface area contributed by atoms with Crippen LogP contribution in [0.4, 0.5) is 4.39 Å². The third kappa shape index (κ3) is 3.76. The van der Waals surface area contributed by atoms with Gasteiger partial charge in [0.2, 0.25) is 5.89 Å². The number of aromatic nitrogens is 3. The molecule has 142 valence electrons. The van der Waals surface area contributed by atoms with Crippen LogP contribution in [-0.4, -0.2) is 21.9 Å². The van der Waals surface area contributed by atoms with E-state index in [0.29, 0.717) is 17.0 Å². The topological polar surface area (TPSA) is 70.2 Å². The number of benzene rings is 2. The Morgan fingerprint density at radius 3 is 2.79 bits per heavy atom. The van der Waals surface area contributed by atoms with Crippen molar-refractivity contribution in [3.63, 3.8) is 0 Å². The number of ether oxygens (including phenoxy) is 1. The molecule has 0 unspecified atom stereocenters. The van der Waals surface area contributed by atoms with Gasteiger partial charge in [-0.25, -0.2) is 14.2 Å². The Morgan fingerprint density at radius 2 is 2.04 bits per heavy atom. The lowest BCUT2D eigenvalue weighted by Gasteiger charge is -2.06. The number of rotatable bonds is 5. The van der Waals surface area contributed by atoms with Gasteiger partial charge in [-0.1, -0.05) is 15.9 Å². The monoisotopic (exact) mass is 461 g/mol. The number of hydrogen-bond donors (Lipinski definition) is 0. The molecule has 0 aliphatic heterocycles. The van der Waals surface area contributed by atoms with Gasteiger partial charge in [0, 0.05) is 15.4 Å². The van der Waals surface area contributed by atoms with Crippen molar-refractivity contribution in [2.24, 2.45) is 0 Å². The molecule has 4 aromatic rings. The van der Waals surface area contributed by atoms with Crippen molar-refractivity contribution in [1.82, 2.24) is 14.8 Å². The summed E-state index contributed by atoms with van der Waals surface area (Å²) in [4.78, 5) is 16.7. The van der Waals surface area contributed by atoms with Crippen molar-refractivity contribution in [2.75, 3.05) is 7.11 Å². The number of hydrogen-bond acceptors (Lipinski definition) is 6.